The Morgan fingerprint density at radius 3 is 2.83 bits per heavy atom. The zero-order valence-electron chi connectivity index (χ0n) is 16.3. The molecular formula is C24H18BrN3O2. The summed E-state index contributed by atoms with van der Waals surface area (Å²) in [5.41, 5.74) is 1.18. The van der Waals surface area contributed by atoms with Gasteiger partial charge in [-0.3, -0.25) is 4.79 Å². The van der Waals surface area contributed by atoms with Crippen LogP contribution in [-0.4, -0.2) is 22.5 Å². The molecule has 0 aliphatic carbocycles. The van der Waals surface area contributed by atoms with Crippen LogP contribution < -0.4 is 10.3 Å². The van der Waals surface area contributed by atoms with Gasteiger partial charge in [0.2, 0.25) is 0 Å². The Labute approximate surface area is 182 Å². The van der Waals surface area contributed by atoms with Crippen molar-refractivity contribution < 1.29 is 4.74 Å². The fraction of sp³-hybridized carbons (Fsp3) is 0.125. The van der Waals surface area contributed by atoms with E-state index >= 15 is 0 Å². The zero-order valence-corrected chi connectivity index (χ0v) is 17.9. The molecule has 0 unspecified atom stereocenters. The molecule has 3 aromatic carbocycles. The van der Waals surface area contributed by atoms with Crippen molar-refractivity contribution in [2.45, 2.75) is 13.3 Å². The van der Waals surface area contributed by atoms with Crippen LogP contribution in [0.2, 0.25) is 0 Å². The minimum absolute atomic E-state index is 0.144. The van der Waals surface area contributed by atoms with Gasteiger partial charge in [0.05, 0.1) is 17.1 Å². The van der Waals surface area contributed by atoms with Gasteiger partial charge in [-0.1, -0.05) is 59.1 Å². The van der Waals surface area contributed by atoms with E-state index in [1.165, 1.54) is 4.68 Å². The topological polar surface area (TPSA) is 56.5 Å². The average molecular weight is 460 g/mol. The van der Waals surface area contributed by atoms with Crippen molar-refractivity contribution in [1.82, 2.24) is 9.66 Å². The van der Waals surface area contributed by atoms with Crippen molar-refractivity contribution in [1.29, 1.82) is 0 Å². The highest BCUT2D eigenvalue weighted by atomic mass is 79.9. The number of aryl methyl sites for hydroxylation is 1. The highest BCUT2D eigenvalue weighted by molar-refractivity contribution is 9.10. The van der Waals surface area contributed by atoms with Crippen LogP contribution in [-0.2, 0) is 6.42 Å². The van der Waals surface area contributed by atoms with E-state index < -0.39 is 0 Å². The molecule has 0 atom stereocenters. The lowest BCUT2D eigenvalue weighted by molar-refractivity contribution is 0.370. The van der Waals surface area contributed by atoms with Gasteiger partial charge in [0.1, 0.15) is 18.2 Å². The van der Waals surface area contributed by atoms with Crippen molar-refractivity contribution in [3.63, 3.8) is 0 Å². The second-order valence-corrected chi connectivity index (χ2v) is 7.51. The number of nitrogens with zero attached hydrogens (tertiary/aromatic N) is 3. The summed E-state index contributed by atoms with van der Waals surface area (Å²) in [6.45, 7) is 2.09. The first-order chi connectivity index (χ1) is 14.6. The third kappa shape index (κ3) is 3.72. The van der Waals surface area contributed by atoms with E-state index in [1.807, 2.05) is 55.5 Å². The lowest BCUT2D eigenvalue weighted by atomic mass is 10.0. The summed E-state index contributed by atoms with van der Waals surface area (Å²) in [6, 6.07) is 17.2. The van der Waals surface area contributed by atoms with E-state index in [0.29, 0.717) is 28.9 Å². The number of ether oxygens (including phenoxy) is 1. The summed E-state index contributed by atoms with van der Waals surface area (Å²) in [5, 5.41) is 7.01. The monoisotopic (exact) mass is 459 g/mol. The van der Waals surface area contributed by atoms with Crippen LogP contribution in [0.25, 0.3) is 21.7 Å². The summed E-state index contributed by atoms with van der Waals surface area (Å²) in [7, 11) is 0. The highest BCUT2D eigenvalue weighted by Gasteiger charge is 2.11. The Kier molecular flexibility index (Phi) is 5.64. The molecule has 5 nitrogen and oxygen atoms in total. The molecule has 0 spiro atoms. The molecule has 0 saturated carbocycles. The number of hydrogen-bond donors (Lipinski definition) is 0. The van der Waals surface area contributed by atoms with Gasteiger partial charge in [-0.05, 0) is 35.0 Å². The van der Waals surface area contributed by atoms with Crippen LogP contribution >= 0.6 is 15.9 Å². The normalized spacial score (nSPS) is 11.2. The molecule has 30 heavy (non-hydrogen) atoms. The first-order valence-electron chi connectivity index (χ1n) is 9.46. The lowest BCUT2D eigenvalue weighted by Crippen LogP contribution is -2.22. The standard InChI is InChI=1S/C24H18BrN3O2/c1-3-13-30-22-12-9-16-7-5-6-8-18(16)20(22)15-26-28-23(4-2)27-21-11-10-17(25)14-19(21)24(28)29/h1,5-12,14-15H,4,13H2,2H3. The van der Waals surface area contributed by atoms with Crippen LogP contribution in [0.3, 0.4) is 0 Å². The molecule has 4 aromatic rings. The molecule has 0 bridgehead atoms. The van der Waals surface area contributed by atoms with E-state index in [1.54, 1.807) is 12.3 Å². The Morgan fingerprint density at radius 1 is 1.20 bits per heavy atom. The quantitative estimate of drug-likeness (QED) is 0.319. The smallest absolute Gasteiger partial charge is 0.282 e. The van der Waals surface area contributed by atoms with Crippen LogP contribution in [0.4, 0.5) is 0 Å². The van der Waals surface area contributed by atoms with Gasteiger partial charge in [-0.15, -0.1) is 6.42 Å². The van der Waals surface area contributed by atoms with Gasteiger partial charge < -0.3 is 4.74 Å². The van der Waals surface area contributed by atoms with E-state index in [0.717, 1.165) is 20.8 Å². The molecule has 0 aliphatic rings. The summed E-state index contributed by atoms with van der Waals surface area (Å²) in [6.07, 6.45) is 7.56. The second kappa shape index (κ2) is 8.52. The molecule has 6 heteroatoms. The molecule has 0 aliphatic heterocycles. The number of benzene rings is 3. The maximum absolute atomic E-state index is 13.1. The first-order valence-corrected chi connectivity index (χ1v) is 10.2. The van der Waals surface area contributed by atoms with Crippen molar-refractivity contribution in [3.05, 3.63) is 80.8 Å². The Balaban J connectivity index is 1.91. The zero-order chi connectivity index (χ0) is 21.1. The van der Waals surface area contributed by atoms with Gasteiger partial charge in [-0.25, -0.2) is 4.98 Å². The van der Waals surface area contributed by atoms with Crippen LogP contribution in [0.15, 0.2) is 69.0 Å². The SMILES string of the molecule is C#CCOc1ccc2ccccc2c1C=Nn1c(CC)nc2ccc(Br)cc2c1=O. The van der Waals surface area contributed by atoms with E-state index in [4.69, 9.17) is 11.2 Å². The summed E-state index contributed by atoms with van der Waals surface area (Å²) < 4.78 is 7.88. The lowest BCUT2D eigenvalue weighted by Gasteiger charge is -2.11. The molecule has 148 valence electrons. The number of fused-ring (bicyclic) bond motifs is 2. The molecule has 0 fully saturated rings. The van der Waals surface area contributed by atoms with Gasteiger partial charge in [0.15, 0.2) is 0 Å². The summed E-state index contributed by atoms with van der Waals surface area (Å²) in [5.74, 6) is 3.67. The van der Waals surface area contributed by atoms with Crippen molar-refractivity contribution in [2.75, 3.05) is 6.61 Å². The fourth-order valence-electron chi connectivity index (χ4n) is 3.31. The van der Waals surface area contributed by atoms with E-state index in [2.05, 4.69) is 31.9 Å². The predicted molar refractivity (Wildman–Crippen MR) is 124 cm³/mol. The maximum atomic E-state index is 13.1. The fourth-order valence-corrected chi connectivity index (χ4v) is 3.67. The number of halogens is 1. The first kappa shape index (κ1) is 19.9. The minimum atomic E-state index is -0.222. The molecule has 1 aromatic heterocycles. The van der Waals surface area contributed by atoms with Crippen molar-refractivity contribution >= 4 is 43.8 Å². The highest BCUT2D eigenvalue weighted by Crippen LogP contribution is 2.27. The molecule has 1 heterocycles. The van der Waals surface area contributed by atoms with Crippen molar-refractivity contribution in [3.8, 4) is 18.1 Å². The average Bonchev–Trinajstić information content (AvgIpc) is 2.77. The predicted octanol–water partition coefficient (Wildman–Crippen LogP) is 4.77. The maximum Gasteiger partial charge on any atom is 0.282 e. The second-order valence-electron chi connectivity index (χ2n) is 6.60. The van der Waals surface area contributed by atoms with Crippen molar-refractivity contribution in [2.24, 2.45) is 5.10 Å². The Bertz CT molecular complexity index is 1380. The minimum Gasteiger partial charge on any atom is -0.480 e. The number of terminal acetylenes is 1. The van der Waals surface area contributed by atoms with Crippen LogP contribution in [0.5, 0.6) is 5.75 Å². The van der Waals surface area contributed by atoms with E-state index in [9.17, 15) is 4.79 Å². The number of aromatic nitrogens is 2. The molecule has 4 rings (SSSR count). The van der Waals surface area contributed by atoms with Crippen LogP contribution in [0.1, 0.15) is 18.3 Å². The summed E-state index contributed by atoms with van der Waals surface area (Å²) in [4.78, 5) is 17.7. The molecule has 0 saturated heterocycles. The molecule has 0 amide bonds. The number of rotatable bonds is 5. The largest absolute Gasteiger partial charge is 0.480 e. The van der Waals surface area contributed by atoms with E-state index in [-0.39, 0.29) is 12.2 Å². The molecule has 0 radical (unpaired) electrons. The molecule has 0 N–H and O–H groups in total. The summed E-state index contributed by atoms with van der Waals surface area (Å²) >= 11 is 3.42. The van der Waals surface area contributed by atoms with Crippen LogP contribution in [0, 0.1) is 12.3 Å². The Morgan fingerprint density at radius 2 is 2.03 bits per heavy atom. The Hall–Kier alpha value is -3.43. The van der Waals surface area contributed by atoms with Gasteiger partial charge in [-0.2, -0.15) is 9.78 Å². The van der Waals surface area contributed by atoms with Gasteiger partial charge >= 0.3 is 0 Å². The van der Waals surface area contributed by atoms with Gasteiger partial charge in [0.25, 0.3) is 5.56 Å². The third-order valence-electron chi connectivity index (χ3n) is 4.74. The molecular weight excluding hydrogens is 442 g/mol. The van der Waals surface area contributed by atoms with Gasteiger partial charge in [0, 0.05) is 16.5 Å². The number of hydrogen-bond acceptors (Lipinski definition) is 4. The third-order valence-corrected chi connectivity index (χ3v) is 5.23.